The van der Waals surface area contributed by atoms with Gasteiger partial charge in [-0.05, 0) is 31.0 Å². The molecular weight excluding hydrogens is 270 g/mol. The van der Waals surface area contributed by atoms with E-state index in [0.29, 0.717) is 24.7 Å². The van der Waals surface area contributed by atoms with Crippen LogP contribution in [-0.2, 0) is 10.3 Å². The molecule has 1 aromatic carbocycles. The minimum atomic E-state index is -0.628. The van der Waals surface area contributed by atoms with Crippen molar-refractivity contribution in [2.24, 2.45) is 0 Å². The monoisotopic (exact) mass is 293 g/mol. The smallest absolute Gasteiger partial charge is 0.408 e. The first kappa shape index (κ1) is 15.5. The molecule has 5 nitrogen and oxygen atoms in total. The topological polar surface area (TPSA) is 56.8 Å². The molecule has 1 amide bonds. The van der Waals surface area contributed by atoms with Gasteiger partial charge in [-0.2, -0.15) is 0 Å². The van der Waals surface area contributed by atoms with Crippen molar-refractivity contribution in [3.05, 3.63) is 23.8 Å². The van der Waals surface area contributed by atoms with Gasteiger partial charge < -0.3 is 19.5 Å². The first-order chi connectivity index (χ1) is 10.1. The summed E-state index contributed by atoms with van der Waals surface area (Å²) >= 11 is 0. The largest absolute Gasteiger partial charge is 0.493 e. The lowest BCUT2D eigenvalue weighted by Gasteiger charge is -2.34. The Morgan fingerprint density at radius 2 is 2.19 bits per heavy atom. The van der Waals surface area contributed by atoms with Crippen LogP contribution in [0.3, 0.4) is 0 Å². The number of ether oxygens (including phenoxy) is 3. The molecule has 1 heterocycles. The number of cyclic esters (lactones) is 1. The van der Waals surface area contributed by atoms with Crippen LogP contribution in [0, 0.1) is 0 Å². The second-order valence-corrected chi connectivity index (χ2v) is 5.36. The second-order valence-electron chi connectivity index (χ2n) is 5.36. The third-order valence-corrected chi connectivity index (χ3v) is 3.72. The molecule has 0 spiro atoms. The summed E-state index contributed by atoms with van der Waals surface area (Å²) in [6.45, 7) is 5.29. The van der Waals surface area contributed by atoms with Crippen LogP contribution < -0.4 is 14.8 Å². The normalized spacial score (nSPS) is 21.4. The lowest BCUT2D eigenvalue weighted by Crippen LogP contribution is -2.43. The maximum Gasteiger partial charge on any atom is 0.408 e. The fourth-order valence-corrected chi connectivity index (χ4v) is 2.34. The van der Waals surface area contributed by atoms with Gasteiger partial charge in [0.2, 0.25) is 0 Å². The summed E-state index contributed by atoms with van der Waals surface area (Å²) in [4.78, 5) is 11.5. The number of alkyl carbamates (subject to hydrolysis) is 1. The van der Waals surface area contributed by atoms with Crippen molar-refractivity contribution in [3.63, 3.8) is 0 Å². The molecule has 1 aliphatic rings. The van der Waals surface area contributed by atoms with Gasteiger partial charge in [-0.3, -0.25) is 0 Å². The average molecular weight is 293 g/mol. The van der Waals surface area contributed by atoms with E-state index in [2.05, 4.69) is 12.2 Å². The highest BCUT2D eigenvalue weighted by Gasteiger charge is 2.35. The highest BCUT2D eigenvalue weighted by molar-refractivity contribution is 5.69. The third-order valence-electron chi connectivity index (χ3n) is 3.72. The van der Waals surface area contributed by atoms with E-state index in [9.17, 15) is 4.79 Å². The van der Waals surface area contributed by atoms with Gasteiger partial charge in [0.25, 0.3) is 0 Å². The molecule has 0 bridgehead atoms. The molecule has 1 aliphatic heterocycles. The molecule has 0 radical (unpaired) electrons. The van der Waals surface area contributed by atoms with E-state index >= 15 is 0 Å². The molecule has 1 saturated heterocycles. The zero-order valence-corrected chi connectivity index (χ0v) is 12.9. The first-order valence-electron chi connectivity index (χ1n) is 7.37. The predicted octanol–water partition coefficient (Wildman–Crippen LogP) is 3.22. The van der Waals surface area contributed by atoms with E-state index in [1.807, 2.05) is 25.1 Å². The third kappa shape index (κ3) is 3.60. The number of hydrogen-bond acceptors (Lipinski definition) is 4. The fraction of sp³-hybridized carbons (Fsp3) is 0.562. The number of nitrogens with one attached hydrogen (secondary N) is 1. The molecule has 0 aromatic heterocycles. The van der Waals surface area contributed by atoms with Gasteiger partial charge in [0.15, 0.2) is 11.5 Å². The van der Waals surface area contributed by atoms with Gasteiger partial charge in [0.05, 0.1) is 13.7 Å². The van der Waals surface area contributed by atoms with Crippen molar-refractivity contribution in [1.29, 1.82) is 0 Å². The molecule has 1 atom stereocenters. The van der Waals surface area contributed by atoms with Crippen LogP contribution in [0.2, 0.25) is 0 Å². The molecule has 1 unspecified atom stereocenters. The fourth-order valence-electron chi connectivity index (χ4n) is 2.34. The van der Waals surface area contributed by atoms with Gasteiger partial charge >= 0.3 is 6.09 Å². The molecule has 116 valence electrons. The molecule has 1 fully saturated rings. The SMILES string of the molecule is CCCCOc1cc(C2(C)CCNC(=O)O2)ccc1OC. The van der Waals surface area contributed by atoms with Crippen LogP contribution in [0.15, 0.2) is 18.2 Å². The van der Waals surface area contributed by atoms with Crippen molar-refractivity contribution < 1.29 is 19.0 Å². The van der Waals surface area contributed by atoms with Crippen LogP contribution in [0.4, 0.5) is 4.79 Å². The highest BCUT2D eigenvalue weighted by Crippen LogP contribution is 2.37. The van der Waals surface area contributed by atoms with Crippen LogP contribution in [0.5, 0.6) is 11.5 Å². The summed E-state index contributed by atoms with van der Waals surface area (Å²) in [6.07, 6.45) is 2.40. The Hall–Kier alpha value is -1.91. The zero-order valence-electron chi connectivity index (χ0n) is 12.9. The Bertz CT molecular complexity index is 503. The lowest BCUT2D eigenvalue weighted by molar-refractivity contribution is -0.00294. The number of benzene rings is 1. The number of amides is 1. The van der Waals surface area contributed by atoms with E-state index in [1.54, 1.807) is 7.11 Å². The molecule has 2 rings (SSSR count). The minimum Gasteiger partial charge on any atom is -0.493 e. The van der Waals surface area contributed by atoms with Crippen LogP contribution in [0.25, 0.3) is 0 Å². The maximum absolute atomic E-state index is 11.5. The molecule has 0 saturated carbocycles. The molecule has 5 heteroatoms. The summed E-state index contributed by atoms with van der Waals surface area (Å²) in [6, 6.07) is 5.69. The van der Waals surface area contributed by atoms with E-state index in [4.69, 9.17) is 14.2 Å². The Labute approximate surface area is 125 Å². The Balaban J connectivity index is 2.23. The molecule has 1 N–H and O–H groups in total. The molecular formula is C16H23NO4. The molecule has 1 aromatic rings. The summed E-state index contributed by atoms with van der Waals surface area (Å²) in [5.74, 6) is 1.39. The number of unbranched alkanes of at least 4 members (excludes halogenated alkanes) is 1. The summed E-state index contributed by atoms with van der Waals surface area (Å²) in [5, 5.41) is 2.67. The summed E-state index contributed by atoms with van der Waals surface area (Å²) < 4.78 is 16.6. The number of carbonyl (C=O) groups excluding carboxylic acids is 1. The lowest BCUT2D eigenvalue weighted by atomic mass is 9.91. The van der Waals surface area contributed by atoms with E-state index in [1.165, 1.54) is 0 Å². The van der Waals surface area contributed by atoms with Crippen molar-refractivity contribution in [3.8, 4) is 11.5 Å². The van der Waals surface area contributed by atoms with Gasteiger partial charge in [-0.15, -0.1) is 0 Å². The Morgan fingerprint density at radius 3 is 2.86 bits per heavy atom. The van der Waals surface area contributed by atoms with E-state index in [-0.39, 0.29) is 6.09 Å². The summed E-state index contributed by atoms with van der Waals surface area (Å²) in [5.41, 5.74) is 0.293. The predicted molar refractivity (Wildman–Crippen MR) is 79.8 cm³/mol. The Morgan fingerprint density at radius 1 is 1.38 bits per heavy atom. The van der Waals surface area contributed by atoms with Crippen LogP contribution in [0.1, 0.15) is 38.7 Å². The van der Waals surface area contributed by atoms with Crippen molar-refractivity contribution >= 4 is 6.09 Å². The molecule has 21 heavy (non-hydrogen) atoms. The maximum atomic E-state index is 11.5. The van der Waals surface area contributed by atoms with Gasteiger partial charge in [0.1, 0.15) is 5.60 Å². The second kappa shape index (κ2) is 6.70. The number of carbonyl (C=O) groups is 1. The van der Waals surface area contributed by atoms with Gasteiger partial charge in [-0.1, -0.05) is 19.4 Å². The number of hydrogen-bond donors (Lipinski definition) is 1. The highest BCUT2D eigenvalue weighted by atomic mass is 16.6. The van der Waals surface area contributed by atoms with Crippen molar-refractivity contribution in [2.45, 2.75) is 38.7 Å². The first-order valence-corrected chi connectivity index (χ1v) is 7.37. The quantitative estimate of drug-likeness (QED) is 0.818. The molecule has 0 aliphatic carbocycles. The Kier molecular flexibility index (Phi) is 4.94. The number of methoxy groups -OCH3 is 1. The minimum absolute atomic E-state index is 0.381. The van der Waals surface area contributed by atoms with Gasteiger partial charge in [0, 0.05) is 13.0 Å². The van der Waals surface area contributed by atoms with Gasteiger partial charge in [-0.25, -0.2) is 4.79 Å². The van der Waals surface area contributed by atoms with Crippen molar-refractivity contribution in [2.75, 3.05) is 20.3 Å². The zero-order chi connectivity index (χ0) is 15.3. The average Bonchev–Trinajstić information content (AvgIpc) is 2.47. The van der Waals surface area contributed by atoms with E-state index < -0.39 is 5.60 Å². The number of rotatable bonds is 6. The van der Waals surface area contributed by atoms with Crippen LogP contribution >= 0.6 is 0 Å². The van der Waals surface area contributed by atoms with Crippen LogP contribution in [-0.4, -0.2) is 26.4 Å². The standard InChI is InChI=1S/C16H23NO4/c1-4-5-10-20-14-11-12(6-7-13(14)19-3)16(2)8-9-17-15(18)21-16/h6-7,11H,4-5,8-10H2,1-3H3,(H,17,18). The van der Waals surface area contributed by atoms with Crippen molar-refractivity contribution in [1.82, 2.24) is 5.32 Å². The summed E-state index contributed by atoms with van der Waals surface area (Å²) in [7, 11) is 1.62. The van der Waals surface area contributed by atoms with E-state index in [0.717, 1.165) is 24.8 Å².